The number of nitrogens with zero attached hydrogens (tertiary/aromatic N) is 1. The third kappa shape index (κ3) is 4.61. The maximum Gasteiger partial charge on any atom is 0.0972 e. The van der Waals surface area contributed by atoms with Gasteiger partial charge in [0.2, 0.25) is 0 Å². The maximum atomic E-state index is 6.33. The Morgan fingerprint density at radius 3 is 2.21 bits per heavy atom. The first-order valence-electron chi connectivity index (χ1n) is 7.93. The lowest BCUT2D eigenvalue weighted by molar-refractivity contribution is -0.297. The number of piperidine rings is 1. The van der Waals surface area contributed by atoms with Gasteiger partial charge in [0.25, 0.3) is 0 Å². The maximum absolute atomic E-state index is 6.33. The van der Waals surface area contributed by atoms with E-state index in [0.29, 0.717) is 0 Å². The van der Waals surface area contributed by atoms with Gasteiger partial charge in [0.1, 0.15) is 0 Å². The Morgan fingerprint density at radius 2 is 1.74 bits per heavy atom. The highest BCUT2D eigenvalue weighted by Crippen LogP contribution is 2.39. The number of hydrogen-bond donors (Lipinski definition) is 0. The molecule has 0 N–H and O–H groups in total. The van der Waals surface area contributed by atoms with E-state index in [0.717, 1.165) is 6.42 Å². The summed E-state index contributed by atoms with van der Waals surface area (Å²) >= 11 is 0. The van der Waals surface area contributed by atoms with Crippen LogP contribution in [0.2, 0.25) is 0 Å². The van der Waals surface area contributed by atoms with E-state index in [2.05, 4.69) is 46.3 Å². The first-order chi connectivity index (χ1) is 8.83. The average molecular weight is 267 g/mol. The van der Waals surface area contributed by atoms with E-state index in [1.807, 2.05) is 6.08 Å². The molecule has 1 rings (SSSR count). The third-order valence-corrected chi connectivity index (χ3v) is 4.27. The van der Waals surface area contributed by atoms with Crippen molar-refractivity contribution in [3.63, 3.8) is 0 Å². The summed E-state index contributed by atoms with van der Waals surface area (Å²) in [6.45, 7) is 15.4. The summed E-state index contributed by atoms with van der Waals surface area (Å²) < 4.78 is 0. The molecule has 0 spiro atoms. The van der Waals surface area contributed by atoms with Gasteiger partial charge in [0.15, 0.2) is 0 Å². The van der Waals surface area contributed by atoms with Gasteiger partial charge in [0, 0.05) is 11.1 Å². The lowest BCUT2D eigenvalue weighted by atomic mass is 9.82. The Balaban J connectivity index is 2.66. The first kappa shape index (κ1) is 16.7. The van der Waals surface area contributed by atoms with Crippen molar-refractivity contribution in [1.29, 1.82) is 0 Å². The minimum Gasteiger partial charge on any atom is -0.291 e. The Hall–Kier alpha value is -0.340. The molecule has 1 aliphatic rings. The lowest BCUT2D eigenvalue weighted by Crippen LogP contribution is -2.59. The van der Waals surface area contributed by atoms with Gasteiger partial charge in [-0.2, -0.15) is 5.06 Å². The zero-order valence-corrected chi connectivity index (χ0v) is 13.7. The van der Waals surface area contributed by atoms with Gasteiger partial charge in [-0.1, -0.05) is 32.3 Å². The second-order valence-electron chi connectivity index (χ2n) is 7.15. The van der Waals surface area contributed by atoms with Crippen LogP contribution in [0.25, 0.3) is 0 Å². The molecule has 2 heteroatoms. The number of hydrogen-bond acceptors (Lipinski definition) is 2. The van der Waals surface area contributed by atoms with Gasteiger partial charge in [-0.25, -0.2) is 0 Å². The fourth-order valence-electron chi connectivity index (χ4n) is 3.21. The van der Waals surface area contributed by atoms with E-state index >= 15 is 0 Å². The molecule has 2 nitrogen and oxygen atoms in total. The van der Waals surface area contributed by atoms with Gasteiger partial charge in [0.05, 0.1) is 6.10 Å². The summed E-state index contributed by atoms with van der Waals surface area (Å²) in [6.07, 6.45) is 10.7. The average Bonchev–Trinajstić information content (AvgIpc) is 2.31. The van der Waals surface area contributed by atoms with Gasteiger partial charge in [-0.15, -0.1) is 6.58 Å². The molecule has 0 saturated carbocycles. The monoisotopic (exact) mass is 267 g/mol. The van der Waals surface area contributed by atoms with Crippen molar-refractivity contribution in [1.82, 2.24) is 5.06 Å². The molecule has 0 aromatic heterocycles. The molecule has 0 amide bonds. The minimum absolute atomic E-state index is 0.119. The van der Waals surface area contributed by atoms with Crippen LogP contribution in [0, 0.1) is 0 Å². The largest absolute Gasteiger partial charge is 0.291 e. The van der Waals surface area contributed by atoms with Crippen LogP contribution in [0.15, 0.2) is 12.7 Å². The molecule has 1 fully saturated rings. The Bertz CT molecular complexity index is 267. The van der Waals surface area contributed by atoms with Crippen LogP contribution in [-0.2, 0) is 4.84 Å². The molecule has 0 aliphatic carbocycles. The first-order valence-corrected chi connectivity index (χ1v) is 7.93. The fraction of sp³-hybridized carbons (Fsp3) is 0.882. The number of hydroxylamine groups is 2. The molecular weight excluding hydrogens is 234 g/mol. The van der Waals surface area contributed by atoms with Crippen LogP contribution in [0.4, 0.5) is 0 Å². The SMILES string of the molecule is C=CC(CCCCC)ON1C(C)(C)CCCC1(C)C. The molecule has 1 atom stereocenters. The fourth-order valence-corrected chi connectivity index (χ4v) is 3.21. The molecule has 0 radical (unpaired) electrons. The molecule has 1 heterocycles. The van der Waals surface area contributed by atoms with Crippen molar-refractivity contribution in [3.05, 3.63) is 12.7 Å². The van der Waals surface area contributed by atoms with Crippen molar-refractivity contribution >= 4 is 0 Å². The van der Waals surface area contributed by atoms with Crippen LogP contribution >= 0.6 is 0 Å². The summed E-state index contributed by atoms with van der Waals surface area (Å²) in [6, 6.07) is 0. The third-order valence-electron chi connectivity index (χ3n) is 4.27. The van der Waals surface area contributed by atoms with E-state index in [4.69, 9.17) is 4.84 Å². The topological polar surface area (TPSA) is 12.5 Å². The van der Waals surface area contributed by atoms with Crippen LogP contribution in [-0.4, -0.2) is 22.2 Å². The summed E-state index contributed by atoms with van der Waals surface area (Å²) in [5, 5.41) is 2.25. The predicted molar refractivity (Wildman–Crippen MR) is 83.1 cm³/mol. The number of unbranched alkanes of at least 4 members (excludes halogenated alkanes) is 2. The molecule has 0 bridgehead atoms. The minimum atomic E-state index is 0.119. The van der Waals surface area contributed by atoms with E-state index in [1.165, 1.54) is 38.5 Å². The Labute approximate surface area is 120 Å². The molecule has 19 heavy (non-hydrogen) atoms. The predicted octanol–water partition coefficient (Wildman–Crippen LogP) is 5.10. The second-order valence-corrected chi connectivity index (χ2v) is 7.15. The molecule has 1 saturated heterocycles. The summed E-state index contributed by atoms with van der Waals surface area (Å²) in [7, 11) is 0. The molecule has 0 aromatic rings. The van der Waals surface area contributed by atoms with E-state index < -0.39 is 0 Å². The highest BCUT2D eigenvalue weighted by molar-refractivity contribution is 4.94. The molecule has 0 aromatic carbocycles. The van der Waals surface area contributed by atoms with Crippen LogP contribution in [0.1, 0.15) is 79.6 Å². The molecule has 112 valence electrons. The molecular formula is C17H33NO. The van der Waals surface area contributed by atoms with Crippen molar-refractivity contribution in [2.75, 3.05) is 0 Å². The smallest absolute Gasteiger partial charge is 0.0972 e. The van der Waals surface area contributed by atoms with Crippen molar-refractivity contribution in [2.45, 2.75) is 96.7 Å². The Kier molecular flexibility index (Phi) is 6.07. The van der Waals surface area contributed by atoms with E-state index in [9.17, 15) is 0 Å². The van der Waals surface area contributed by atoms with Crippen molar-refractivity contribution < 1.29 is 4.84 Å². The molecule has 1 aliphatic heterocycles. The summed E-state index contributed by atoms with van der Waals surface area (Å²) in [5.41, 5.74) is 0.238. The normalized spacial score (nSPS) is 24.1. The zero-order valence-electron chi connectivity index (χ0n) is 13.7. The van der Waals surface area contributed by atoms with Gasteiger partial charge >= 0.3 is 0 Å². The lowest BCUT2D eigenvalue weighted by Gasteiger charge is -2.52. The van der Waals surface area contributed by atoms with E-state index in [-0.39, 0.29) is 17.2 Å². The highest BCUT2D eigenvalue weighted by atomic mass is 16.7. The summed E-state index contributed by atoms with van der Waals surface area (Å²) in [5.74, 6) is 0. The van der Waals surface area contributed by atoms with Crippen molar-refractivity contribution in [3.8, 4) is 0 Å². The Morgan fingerprint density at radius 1 is 1.16 bits per heavy atom. The quantitative estimate of drug-likeness (QED) is 0.470. The van der Waals surface area contributed by atoms with Crippen LogP contribution in [0.5, 0.6) is 0 Å². The highest BCUT2D eigenvalue weighted by Gasteiger charge is 2.43. The second kappa shape index (κ2) is 6.90. The van der Waals surface area contributed by atoms with Gasteiger partial charge in [-0.05, 0) is 53.4 Å². The number of rotatable bonds is 7. The summed E-state index contributed by atoms with van der Waals surface area (Å²) in [4.78, 5) is 6.33. The van der Waals surface area contributed by atoms with E-state index in [1.54, 1.807) is 0 Å². The molecule has 1 unspecified atom stereocenters. The standard InChI is InChI=1S/C17H33NO/c1-7-9-10-12-15(8-2)19-18-16(3,4)13-11-14-17(18,5)6/h8,15H,2,7,9-14H2,1,3-6H3. The van der Waals surface area contributed by atoms with Gasteiger partial charge in [-0.3, -0.25) is 4.84 Å². The zero-order chi connectivity index (χ0) is 14.5. The van der Waals surface area contributed by atoms with Crippen LogP contribution < -0.4 is 0 Å². The van der Waals surface area contributed by atoms with Gasteiger partial charge < -0.3 is 0 Å². The van der Waals surface area contributed by atoms with Crippen LogP contribution in [0.3, 0.4) is 0 Å². The van der Waals surface area contributed by atoms with Crippen molar-refractivity contribution in [2.24, 2.45) is 0 Å².